The predicted molar refractivity (Wildman–Crippen MR) is 115 cm³/mol. The zero-order valence-corrected chi connectivity index (χ0v) is 16.4. The van der Waals surface area contributed by atoms with Crippen LogP contribution in [0.25, 0.3) is 33.7 Å². The lowest BCUT2D eigenvalue weighted by Gasteiger charge is -2.08. The summed E-state index contributed by atoms with van der Waals surface area (Å²) < 4.78 is 15.0. The monoisotopic (exact) mass is 415 g/mol. The number of fused-ring (bicyclic) bond motifs is 1. The molecule has 0 spiro atoms. The third kappa shape index (κ3) is 3.63. The first kappa shape index (κ1) is 18.9. The highest BCUT2D eigenvalue weighted by molar-refractivity contribution is 6.03. The largest absolute Gasteiger partial charge is 0.366 e. The lowest BCUT2D eigenvalue weighted by molar-refractivity contribution is -0.117. The van der Waals surface area contributed by atoms with Crippen molar-refractivity contribution in [2.45, 2.75) is 12.8 Å². The molecule has 31 heavy (non-hydrogen) atoms. The molecule has 0 atom stereocenters. The number of anilines is 1. The average Bonchev–Trinajstić information content (AvgIpc) is 3.52. The molecule has 1 fully saturated rings. The second-order valence-electron chi connectivity index (χ2n) is 7.54. The molecule has 1 aliphatic carbocycles. The van der Waals surface area contributed by atoms with Gasteiger partial charge in [-0.1, -0.05) is 18.2 Å². The number of hydrogen-bond donors (Lipinski definition) is 3. The van der Waals surface area contributed by atoms with Crippen molar-refractivity contribution in [1.29, 1.82) is 0 Å². The molecule has 1 aliphatic rings. The fourth-order valence-corrected chi connectivity index (χ4v) is 3.49. The van der Waals surface area contributed by atoms with Gasteiger partial charge >= 0.3 is 0 Å². The molecule has 2 amide bonds. The minimum Gasteiger partial charge on any atom is -0.366 e. The maximum atomic E-state index is 15.0. The summed E-state index contributed by atoms with van der Waals surface area (Å²) in [5.74, 6) is -0.730. The van der Waals surface area contributed by atoms with Crippen LogP contribution in [0.4, 0.5) is 10.1 Å². The number of carbonyl (C=O) groups is 2. The number of amides is 2. The Balaban J connectivity index is 1.47. The van der Waals surface area contributed by atoms with Crippen LogP contribution < -0.4 is 11.1 Å². The zero-order valence-electron chi connectivity index (χ0n) is 16.4. The number of nitrogens with two attached hydrogens (primary N) is 1. The van der Waals surface area contributed by atoms with E-state index in [1.165, 1.54) is 18.3 Å². The highest BCUT2D eigenvalue weighted by Gasteiger charge is 2.29. The van der Waals surface area contributed by atoms with Crippen molar-refractivity contribution in [3.63, 3.8) is 0 Å². The molecule has 2 aromatic heterocycles. The van der Waals surface area contributed by atoms with Gasteiger partial charge in [-0.2, -0.15) is 0 Å². The van der Waals surface area contributed by atoms with Gasteiger partial charge in [0.05, 0.1) is 11.1 Å². The second kappa shape index (κ2) is 7.32. The standard InChI is InChI=1S/C23H18FN5O2/c24-18-11-14(13-2-1-3-15(10-13)27-23(31)12-4-5-12)6-7-16(18)21-28-19-17(20(25)30)8-9-26-22(19)29-21/h1-3,6-12H,4-5H2,(H2,25,30)(H,27,31)(H,26,28,29). The number of aromatic amines is 1. The van der Waals surface area contributed by atoms with Gasteiger partial charge in [0.25, 0.3) is 5.91 Å². The molecule has 7 nitrogen and oxygen atoms in total. The number of primary amides is 1. The van der Waals surface area contributed by atoms with E-state index < -0.39 is 11.7 Å². The molecule has 0 radical (unpaired) electrons. The van der Waals surface area contributed by atoms with Gasteiger partial charge in [-0.25, -0.2) is 14.4 Å². The highest BCUT2D eigenvalue weighted by Crippen LogP contribution is 2.32. The van der Waals surface area contributed by atoms with E-state index in [-0.39, 0.29) is 28.8 Å². The lowest BCUT2D eigenvalue weighted by atomic mass is 10.0. The van der Waals surface area contributed by atoms with Crippen LogP contribution in [0.1, 0.15) is 23.2 Å². The van der Waals surface area contributed by atoms with Crippen molar-refractivity contribution in [2.75, 3.05) is 5.32 Å². The fourth-order valence-electron chi connectivity index (χ4n) is 3.49. The Morgan fingerprint density at radius 2 is 1.90 bits per heavy atom. The number of halogens is 1. The molecule has 0 bridgehead atoms. The smallest absolute Gasteiger partial charge is 0.251 e. The number of hydrogen-bond acceptors (Lipinski definition) is 4. The maximum absolute atomic E-state index is 15.0. The third-order valence-corrected chi connectivity index (χ3v) is 5.29. The van der Waals surface area contributed by atoms with Gasteiger partial charge in [-0.3, -0.25) is 9.59 Å². The Kier molecular flexibility index (Phi) is 4.47. The van der Waals surface area contributed by atoms with Crippen molar-refractivity contribution in [3.8, 4) is 22.5 Å². The predicted octanol–water partition coefficient (Wildman–Crippen LogP) is 3.88. The van der Waals surface area contributed by atoms with Crippen LogP contribution in [0, 0.1) is 11.7 Å². The van der Waals surface area contributed by atoms with E-state index >= 15 is 0 Å². The van der Waals surface area contributed by atoms with E-state index in [0.29, 0.717) is 22.4 Å². The van der Waals surface area contributed by atoms with Crippen molar-refractivity contribution >= 4 is 28.7 Å². The van der Waals surface area contributed by atoms with Gasteiger partial charge < -0.3 is 16.0 Å². The van der Waals surface area contributed by atoms with E-state index in [4.69, 9.17) is 5.73 Å². The molecule has 0 saturated heterocycles. The van der Waals surface area contributed by atoms with Gasteiger partial charge in [0, 0.05) is 17.8 Å². The number of benzene rings is 2. The minimum atomic E-state index is -0.630. The molecular weight excluding hydrogens is 397 g/mol. The average molecular weight is 415 g/mol. The SMILES string of the molecule is NC(=O)c1ccnc2[nH]c(-c3ccc(-c4cccc(NC(=O)C5CC5)c4)cc3F)nc12. The molecule has 4 aromatic rings. The van der Waals surface area contributed by atoms with Crippen LogP contribution in [0.2, 0.25) is 0 Å². The van der Waals surface area contributed by atoms with Gasteiger partial charge in [0.15, 0.2) is 5.65 Å². The number of aromatic nitrogens is 3. The highest BCUT2D eigenvalue weighted by atomic mass is 19.1. The van der Waals surface area contributed by atoms with E-state index in [2.05, 4.69) is 20.3 Å². The molecular formula is C23H18FN5O2. The van der Waals surface area contributed by atoms with Crippen LogP contribution >= 0.6 is 0 Å². The lowest BCUT2D eigenvalue weighted by Crippen LogP contribution is -2.13. The first-order valence-corrected chi connectivity index (χ1v) is 9.85. The molecule has 2 heterocycles. The van der Waals surface area contributed by atoms with Crippen molar-refractivity contribution < 1.29 is 14.0 Å². The van der Waals surface area contributed by atoms with E-state index in [9.17, 15) is 14.0 Å². The van der Waals surface area contributed by atoms with Crippen LogP contribution in [0.15, 0.2) is 54.7 Å². The second-order valence-corrected chi connectivity index (χ2v) is 7.54. The first-order valence-electron chi connectivity index (χ1n) is 9.85. The van der Waals surface area contributed by atoms with E-state index in [1.807, 2.05) is 24.3 Å². The van der Waals surface area contributed by atoms with Crippen molar-refractivity contribution in [1.82, 2.24) is 15.0 Å². The summed E-state index contributed by atoms with van der Waals surface area (Å²) in [5.41, 5.74) is 8.62. The Labute approximate surface area is 176 Å². The third-order valence-electron chi connectivity index (χ3n) is 5.29. The van der Waals surface area contributed by atoms with Crippen molar-refractivity contribution in [3.05, 3.63) is 66.1 Å². The van der Waals surface area contributed by atoms with Crippen LogP contribution in [-0.2, 0) is 4.79 Å². The summed E-state index contributed by atoms with van der Waals surface area (Å²) in [7, 11) is 0. The number of pyridine rings is 1. The number of rotatable bonds is 5. The Bertz CT molecular complexity index is 1340. The molecule has 5 rings (SSSR count). The Hall–Kier alpha value is -4.07. The fraction of sp³-hybridized carbons (Fsp3) is 0.130. The first-order chi connectivity index (χ1) is 15.0. The number of nitrogens with one attached hydrogen (secondary N) is 2. The summed E-state index contributed by atoms with van der Waals surface area (Å²) in [5, 5.41) is 2.90. The number of H-pyrrole nitrogens is 1. The summed E-state index contributed by atoms with van der Waals surface area (Å²) in [6.45, 7) is 0. The van der Waals surface area contributed by atoms with Gasteiger partial charge in [-0.05, 0) is 54.3 Å². The van der Waals surface area contributed by atoms with E-state index in [1.54, 1.807) is 12.1 Å². The topological polar surface area (TPSA) is 114 Å². The zero-order chi connectivity index (χ0) is 21.5. The van der Waals surface area contributed by atoms with Crippen molar-refractivity contribution in [2.24, 2.45) is 11.7 Å². The normalized spacial score (nSPS) is 13.3. The van der Waals surface area contributed by atoms with Crippen LogP contribution in [0.3, 0.4) is 0 Å². The Morgan fingerprint density at radius 1 is 1.10 bits per heavy atom. The molecule has 0 aliphatic heterocycles. The summed E-state index contributed by atoms with van der Waals surface area (Å²) in [6, 6.07) is 13.6. The Morgan fingerprint density at radius 3 is 2.65 bits per heavy atom. The summed E-state index contributed by atoms with van der Waals surface area (Å²) in [4.78, 5) is 35.0. The number of nitrogens with zero attached hydrogens (tertiary/aromatic N) is 2. The van der Waals surface area contributed by atoms with Crippen LogP contribution in [0.5, 0.6) is 0 Å². The molecule has 0 unspecified atom stereocenters. The number of carbonyl (C=O) groups excluding carboxylic acids is 2. The van der Waals surface area contributed by atoms with Crippen LogP contribution in [-0.4, -0.2) is 26.8 Å². The molecule has 4 N–H and O–H groups in total. The molecule has 1 saturated carbocycles. The van der Waals surface area contributed by atoms with Gasteiger partial charge in [0.2, 0.25) is 5.91 Å². The maximum Gasteiger partial charge on any atom is 0.251 e. The molecule has 8 heteroatoms. The molecule has 2 aromatic carbocycles. The van der Waals surface area contributed by atoms with Gasteiger partial charge in [0.1, 0.15) is 17.2 Å². The van der Waals surface area contributed by atoms with Gasteiger partial charge in [-0.15, -0.1) is 0 Å². The minimum absolute atomic E-state index is 0.0208. The summed E-state index contributed by atoms with van der Waals surface area (Å²) in [6.07, 6.45) is 3.30. The van der Waals surface area contributed by atoms with E-state index in [0.717, 1.165) is 18.4 Å². The quantitative estimate of drug-likeness (QED) is 0.459. The molecule has 154 valence electrons. The summed E-state index contributed by atoms with van der Waals surface area (Å²) >= 11 is 0. The number of imidazole rings is 1.